The molecule has 0 amide bonds. The lowest BCUT2D eigenvalue weighted by atomic mass is 9.91. The SMILES string of the molecule is C/C(=C/CBr)CCCC(C)CCCC(C)CCCC(C)C. The lowest BCUT2D eigenvalue weighted by molar-refractivity contribution is 0.389. The summed E-state index contributed by atoms with van der Waals surface area (Å²) in [6.07, 6.45) is 14.9. The van der Waals surface area contributed by atoms with Gasteiger partial charge in [0.15, 0.2) is 0 Å². The summed E-state index contributed by atoms with van der Waals surface area (Å²) in [5, 5.41) is 1.00. The monoisotopic (exact) mass is 358 g/mol. The predicted octanol–water partition coefficient (Wildman–Crippen LogP) is 7.77. The Morgan fingerprint density at radius 1 is 0.810 bits per heavy atom. The van der Waals surface area contributed by atoms with Gasteiger partial charge in [-0.05, 0) is 37.5 Å². The first kappa shape index (κ1) is 21.2. The molecule has 0 heterocycles. The van der Waals surface area contributed by atoms with Crippen LogP contribution >= 0.6 is 15.9 Å². The summed E-state index contributed by atoms with van der Waals surface area (Å²) in [5.74, 6) is 2.71. The van der Waals surface area contributed by atoms with Crippen molar-refractivity contribution < 1.29 is 0 Å². The molecule has 21 heavy (non-hydrogen) atoms. The van der Waals surface area contributed by atoms with E-state index in [0.717, 1.165) is 23.1 Å². The largest absolute Gasteiger partial charge is 0.0883 e. The molecule has 0 nitrogen and oxygen atoms in total. The molecule has 0 saturated carbocycles. The third kappa shape index (κ3) is 14.9. The molecule has 0 aliphatic heterocycles. The van der Waals surface area contributed by atoms with Crippen LogP contribution < -0.4 is 0 Å². The zero-order valence-electron chi connectivity index (χ0n) is 15.3. The minimum Gasteiger partial charge on any atom is -0.0883 e. The molecule has 0 aromatic heterocycles. The van der Waals surface area contributed by atoms with E-state index < -0.39 is 0 Å². The van der Waals surface area contributed by atoms with E-state index in [1.807, 2.05) is 0 Å². The summed E-state index contributed by atoms with van der Waals surface area (Å²) in [5.41, 5.74) is 1.54. The lowest BCUT2D eigenvalue weighted by Gasteiger charge is -2.15. The maximum Gasteiger partial charge on any atom is 0.0214 e. The van der Waals surface area contributed by atoms with Gasteiger partial charge >= 0.3 is 0 Å². The molecule has 1 heteroatoms. The van der Waals surface area contributed by atoms with Crippen molar-refractivity contribution >= 4 is 15.9 Å². The van der Waals surface area contributed by atoms with Gasteiger partial charge in [0.05, 0.1) is 0 Å². The lowest BCUT2D eigenvalue weighted by Crippen LogP contribution is -2.00. The first-order valence-corrected chi connectivity index (χ1v) is 10.3. The summed E-state index contributed by atoms with van der Waals surface area (Å²) in [7, 11) is 0. The molecule has 0 fully saturated rings. The van der Waals surface area contributed by atoms with Gasteiger partial charge < -0.3 is 0 Å². The molecule has 0 aliphatic carbocycles. The van der Waals surface area contributed by atoms with Crippen LogP contribution in [0.1, 0.15) is 92.4 Å². The van der Waals surface area contributed by atoms with Crippen molar-refractivity contribution in [1.82, 2.24) is 0 Å². The van der Waals surface area contributed by atoms with E-state index in [2.05, 4.69) is 56.6 Å². The van der Waals surface area contributed by atoms with Crippen molar-refractivity contribution in [2.75, 3.05) is 5.33 Å². The summed E-state index contributed by atoms with van der Waals surface area (Å²) < 4.78 is 0. The quantitative estimate of drug-likeness (QED) is 0.233. The molecule has 0 saturated heterocycles. The van der Waals surface area contributed by atoms with Gasteiger partial charge in [-0.25, -0.2) is 0 Å². The topological polar surface area (TPSA) is 0 Å². The Labute approximate surface area is 143 Å². The fraction of sp³-hybridized carbons (Fsp3) is 0.900. The fourth-order valence-electron chi connectivity index (χ4n) is 2.94. The van der Waals surface area contributed by atoms with Crippen molar-refractivity contribution in [3.63, 3.8) is 0 Å². The molecular formula is C20H39Br. The van der Waals surface area contributed by atoms with Crippen LogP contribution in [0.4, 0.5) is 0 Å². The van der Waals surface area contributed by atoms with E-state index >= 15 is 0 Å². The van der Waals surface area contributed by atoms with Crippen LogP contribution in [0.2, 0.25) is 0 Å². The molecule has 126 valence electrons. The van der Waals surface area contributed by atoms with Crippen LogP contribution in [0.15, 0.2) is 11.6 Å². The van der Waals surface area contributed by atoms with Gasteiger partial charge in [0, 0.05) is 5.33 Å². The zero-order valence-corrected chi connectivity index (χ0v) is 16.8. The highest BCUT2D eigenvalue weighted by molar-refractivity contribution is 9.09. The Balaban J connectivity index is 3.52. The fourth-order valence-corrected chi connectivity index (χ4v) is 3.49. The number of alkyl halides is 1. The van der Waals surface area contributed by atoms with Crippen LogP contribution in [-0.4, -0.2) is 5.33 Å². The van der Waals surface area contributed by atoms with E-state index in [0.29, 0.717) is 0 Å². The van der Waals surface area contributed by atoms with Crippen molar-refractivity contribution in [1.29, 1.82) is 0 Å². The maximum absolute atomic E-state index is 3.47. The van der Waals surface area contributed by atoms with Gasteiger partial charge in [-0.15, -0.1) is 0 Å². The summed E-state index contributed by atoms with van der Waals surface area (Å²) >= 11 is 3.47. The number of hydrogen-bond acceptors (Lipinski definition) is 0. The number of hydrogen-bond donors (Lipinski definition) is 0. The molecule has 2 atom stereocenters. The highest BCUT2D eigenvalue weighted by atomic mass is 79.9. The third-order valence-electron chi connectivity index (χ3n) is 4.57. The van der Waals surface area contributed by atoms with Gasteiger partial charge in [0.2, 0.25) is 0 Å². The first-order chi connectivity index (χ1) is 9.95. The smallest absolute Gasteiger partial charge is 0.0214 e. The Kier molecular flexibility index (Phi) is 14.0. The average Bonchev–Trinajstić information content (AvgIpc) is 2.38. The Morgan fingerprint density at radius 2 is 1.29 bits per heavy atom. The van der Waals surface area contributed by atoms with E-state index in [1.165, 1.54) is 63.4 Å². The minimum atomic E-state index is 0.874. The van der Waals surface area contributed by atoms with Gasteiger partial charge in [0.1, 0.15) is 0 Å². The molecular weight excluding hydrogens is 320 g/mol. The number of allylic oxidation sites excluding steroid dienone is 2. The third-order valence-corrected chi connectivity index (χ3v) is 4.89. The van der Waals surface area contributed by atoms with Crippen LogP contribution in [-0.2, 0) is 0 Å². The normalized spacial score (nSPS) is 15.5. The standard InChI is InChI=1S/C20H39Br/c1-17(2)9-6-10-18(3)11-7-12-19(4)13-8-14-20(5)15-16-21/h15,17-19H,6-14,16H2,1-5H3/b20-15-. The molecule has 0 aromatic rings. The average molecular weight is 359 g/mol. The number of halogens is 1. The zero-order chi connectivity index (χ0) is 16.1. The molecule has 0 spiro atoms. The second-order valence-corrected chi connectivity index (χ2v) is 8.21. The van der Waals surface area contributed by atoms with Gasteiger partial charge in [0.25, 0.3) is 0 Å². The summed E-state index contributed by atoms with van der Waals surface area (Å²) in [6, 6.07) is 0. The van der Waals surface area contributed by atoms with Gasteiger partial charge in [-0.2, -0.15) is 0 Å². The van der Waals surface area contributed by atoms with Crippen molar-refractivity contribution in [3.05, 3.63) is 11.6 Å². The second-order valence-electron chi connectivity index (χ2n) is 7.56. The van der Waals surface area contributed by atoms with Gasteiger partial charge in [-0.1, -0.05) is 100 Å². The van der Waals surface area contributed by atoms with Crippen LogP contribution in [0.5, 0.6) is 0 Å². The summed E-state index contributed by atoms with van der Waals surface area (Å²) in [4.78, 5) is 0. The molecule has 2 unspecified atom stereocenters. The van der Waals surface area contributed by atoms with Crippen LogP contribution in [0.25, 0.3) is 0 Å². The highest BCUT2D eigenvalue weighted by Crippen LogP contribution is 2.22. The minimum absolute atomic E-state index is 0.874. The Hall–Kier alpha value is 0.220. The van der Waals surface area contributed by atoms with Crippen molar-refractivity contribution in [3.8, 4) is 0 Å². The highest BCUT2D eigenvalue weighted by Gasteiger charge is 2.06. The molecule has 0 bridgehead atoms. The Bertz CT molecular complexity index is 255. The van der Waals surface area contributed by atoms with E-state index in [4.69, 9.17) is 0 Å². The van der Waals surface area contributed by atoms with Crippen LogP contribution in [0, 0.1) is 17.8 Å². The molecule has 0 aromatic carbocycles. The predicted molar refractivity (Wildman–Crippen MR) is 102 cm³/mol. The van der Waals surface area contributed by atoms with E-state index in [9.17, 15) is 0 Å². The first-order valence-electron chi connectivity index (χ1n) is 9.17. The molecule has 0 N–H and O–H groups in total. The Morgan fingerprint density at radius 3 is 1.76 bits per heavy atom. The van der Waals surface area contributed by atoms with E-state index in [-0.39, 0.29) is 0 Å². The summed E-state index contributed by atoms with van der Waals surface area (Å²) in [6.45, 7) is 11.8. The molecule has 0 aliphatic rings. The van der Waals surface area contributed by atoms with Crippen molar-refractivity contribution in [2.45, 2.75) is 92.4 Å². The van der Waals surface area contributed by atoms with E-state index in [1.54, 1.807) is 0 Å². The maximum atomic E-state index is 3.47. The molecule has 0 rings (SSSR count). The van der Waals surface area contributed by atoms with Crippen molar-refractivity contribution in [2.24, 2.45) is 17.8 Å². The van der Waals surface area contributed by atoms with Crippen LogP contribution in [0.3, 0.4) is 0 Å². The molecule has 0 radical (unpaired) electrons. The number of rotatable bonds is 13. The second kappa shape index (κ2) is 13.9. The van der Waals surface area contributed by atoms with Gasteiger partial charge in [-0.3, -0.25) is 0 Å².